The van der Waals surface area contributed by atoms with Crippen LogP contribution >= 0.6 is 0 Å². The molecule has 23 heavy (non-hydrogen) atoms. The highest BCUT2D eigenvalue weighted by atomic mass is 16.5. The second kappa shape index (κ2) is 8.11. The number of carbonyl (C=O) groups is 2. The van der Waals surface area contributed by atoms with Crippen molar-refractivity contribution < 1.29 is 19.4 Å². The van der Waals surface area contributed by atoms with Gasteiger partial charge in [-0.2, -0.15) is 0 Å². The Hall–Kier alpha value is -1.88. The maximum absolute atomic E-state index is 12.4. The molecule has 1 aliphatic rings. The van der Waals surface area contributed by atoms with Crippen LogP contribution in [0.3, 0.4) is 0 Å². The van der Waals surface area contributed by atoms with Gasteiger partial charge in [-0.1, -0.05) is 18.6 Å². The molecule has 5 heteroatoms. The van der Waals surface area contributed by atoms with Crippen molar-refractivity contribution in [3.8, 4) is 0 Å². The van der Waals surface area contributed by atoms with E-state index in [1.807, 2.05) is 6.92 Å². The van der Waals surface area contributed by atoms with E-state index in [2.05, 4.69) is 5.32 Å². The second-order valence-corrected chi connectivity index (χ2v) is 6.09. The number of benzene rings is 1. The fraction of sp³-hybridized carbons (Fsp3) is 0.556. The zero-order chi connectivity index (χ0) is 16.7. The largest absolute Gasteiger partial charge is 0.478 e. The number of nitrogens with one attached hydrogen (secondary N) is 1. The summed E-state index contributed by atoms with van der Waals surface area (Å²) in [4.78, 5) is 23.2. The summed E-state index contributed by atoms with van der Waals surface area (Å²) < 4.78 is 5.39. The van der Waals surface area contributed by atoms with Crippen molar-refractivity contribution in [3.63, 3.8) is 0 Å². The number of carboxylic acids is 1. The Bertz CT molecular complexity index is 534. The van der Waals surface area contributed by atoms with Crippen LogP contribution in [0.1, 0.15) is 48.5 Å². The molecule has 1 aromatic carbocycles. The summed E-state index contributed by atoms with van der Waals surface area (Å²) in [6.45, 7) is 3.86. The Morgan fingerprint density at radius 2 is 1.96 bits per heavy atom. The average molecular weight is 319 g/mol. The normalized spacial score (nSPS) is 15.7. The third kappa shape index (κ3) is 4.55. The minimum absolute atomic E-state index is 0.130. The van der Waals surface area contributed by atoms with Crippen LogP contribution in [-0.4, -0.2) is 36.7 Å². The highest BCUT2D eigenvalue weighted by Crippen LogP contribution is 2.44. The Morgan fingerprint density at radius 1 is 1.26 bits per heavy atom. The molecule has 0 aliphatic heterocycles. The first-order valence-corrected chi connectivity index (χ1v) is 8.26. The molecule has 0 unspecified atom stereocenters. The summed E-state index contributed by atoms with van der Waals surface area (Å²) >= 11 is 0. The van der Waals surface area contributed by atoms with Gasteiger partial charge in [0.05, 0.1) is 11.0 Å². The first kappa shape index (κ1) is 17.5. The number of ether oxygens (including phenoxy) is 1. The van der Waals surface area contributed by atoms with E-state index in [-0.39, 0.29) is 16.9 Å². The van der Waals surface area contributed by atoms with Gasteiger partial charge in [-0.15, -0.1) is 0 Å². The number of carboxylic acid groups (broad SMARTS) is 1. The number of hydrogen-bond acceptors (Lipinski definition) is 3. The number of rotatable bonds is 9. The molecule has 1 aromatic rings. The van der Waals surface area contributed by atoms with Crippen molar-refractivity contribution in [2.45, 2.75) is 39.0 Å². The number of carbonyl (C=O) groups excluding carboxylic acids is 1. The lowest BCUT2D eigenvalue weighted by atomic mass is 9.66. The van der Waals surface area contributed by atoms with Crippen LogP contribution in [0.15, 0.2) is 24.3 Å². The van der Waals surface area contributed by atoms with Gasteiger partial charge >= 0.3 is 5.97 Å². The number of amides is 1. The van der Waals surface area contributed by atoms with Gasteiger partial charge < -0.3 is 15.2 Å². The quantitative estimate of drug-likeness (QED) is 0.686. The maximum Gasteiger partial charge on any atom is 0.335 e. The Balaban J connectivity index is 1.78. The smallest absolute Gasteiger partial charge is 0.335 e. The van der Waals surface area contributed by atoms with Crippen LogP contribution in [0.5, 0.6) is 0 Å². The van der Waals surface area contributed by atoms with E-state index in [1.165, 1.54) is 0 Å². The van der Waals surface area contributed by atoms with Crippen LogP contribution in [0.25, 0.3) is 0 Å². The molecule has 0 aromatic heterocycles. The van der Waals surface area contributed by atoms with Crippen molar-refractivity contribution in [3.05, 3.63) is 35.4 Å². The monoisotopic (exact) mass is 319 g/mol. The molecule has 5 nitrogen and oxygen atoms in total. The van der Waals surface area contributed by atoms with Crippen molar-refractivity contribution >= 4 is 11.9 Å². The van der Waals surface area contributed by atoms with E-state index in [1.54, 1.807) is 24.3 Å². The molecule has 0 spiro atoms. The highest BCUT2D eigenvalue weighted by Gasteiger charge is 2.43. The molecule has 1 amide bonds. The zero-order valence-electron chi connectivity index (χ0n) is 13.6. The molecule has 0 bridgehead atoms. The highest BCUT2D eigenvalue weighted by molar-refractivity contribution is 5.87. The van der Waals surface area contributed by atoms with Gasteiger partial charge in [0.1, 0.15) is 0 Å². The summed E-state index contributed by atoms with van der Waals surface area (Å²) in [6.07, 6.45) is 4.49. The fourth-order valence-electron chi connectivity index (χ4n) is 2.93. The van der Waals surface area contributed by atoms with Gasteiger partial charge in [0, 0.05) is 19.8 Å². The van der Waals surface area contributed by atoms with E-state index in [0.717, 1.165) is 31.2 Å². The van der Waals surface area contributed by atoms with Crippen molar-refractivity contribution in [2.24, 2.45) is 5.41 Å². The summed E-state index contributed by atoms with van der Waals surface area (Å²) in [6, 6.07) is 6.78. The van der Waals surface area contributed by atoms with E-state index < -0.39 is 5.97 Å². The second-order valence-electron chi connectivity index (χ2n) is 6.09. The van der Waals surface area contributed by atoms with Crippen LogP contribution < -0.4 is 5.32 Å². The summed E-state index contributed by atoms with van der Waals surface area (Å²) in [5, 5.41) is 11.9. The average Bonchev–Trinajstić information content (AvgIpc) is 2.50. The molecule has 0 atom stereocenters. The van der Waals surface area contributed by atoms with Gasteiger partial charge in [-0.25, -0.2) is 4.79 Å². The maximum atomic E-state index is 12.4. The SMILES string of the molecule is CCOCCC1(C(=O)NCCc2ccc(C(=O)O)cc2)CCC1. The van der Waals surface area contributed by atoms with Crippen LogP contribution in [0.2, 0.25) is 0 Å². The van der Waals surface area contributed by atoms with Gasteiger partial charge in [0.2, 0.25) is 5.91 Å². The lowest BCUT2D eigenvalue weighted by Crippen LogP contribution is -2.46. The Labute approximate surface area is 137 Å². The molecular formula is C18H25NO4. The van der Waals surface area contributed by atoms with Gasteiger partial charge in [-0.3, -0.25) is 4.79 Å². The minimum atomic E-state index is -0.925. The first-order valence-electron chi connectivity index (χ1n) is 8.26. The Morgan fingerprint density at radius 3 is 2.48 bits per heavy atom. The first-order chi connectivity index (χ1) is 11.1. The van der Waals surface area contributed by atoms with E-state index >= 15 is 0 Å². The third-order valence-electron chi connectivity index (χ3n) is 4.62. The predicted octanol–water partition coefficient (Wildman–Crippen LogP) is 2.64. The number of aromatic carboxylic acids is 1. The van der Waals surface area contributed by atoms with E-state index in [0.29, 0.717) is 26.2 Å². The molecule has 126 valence electrons. The van der Waals surface area contributed by atoms with E-state index in [4.69, 9.17) is 9.84 Å². The molecule has 1 aliphatic carbocycles. The summed E-state index contributed by atoms with van der Waals surface area (Å²) in [5.74, 6) is -0.795. The molecule has 1 saturated carbocycles. The molecule has 2 rings (SSSR count). The lowest BCUT2D eigenvalue weighted by molar-refractivity contribution is -0.137. The van der Waals surface area contributed by atoms with Crippen LogP contribution in [0.4, 0.5) is 0 Å². The summed E-state index contributed by atoms with van der Waals surface area (Å²) in [5.41, 5.74) is 1.07. The third-order valence-corrected chi connectivity index (χ3v) is 4.62. The molecule has 2 N–H and O–H groups in total. The van der Waals surface area contributed by atoms with Crippen molar-refractivity contribution in [2.75, 3.05) is 19.8 Å². The fourth-order valence-corrected chi connectivity index (χ4v) is 2.93. The van der Waals surface area contributed by atoms with Crippen LogP contribution in [0, 0.1) is 5.41 Å². The van der Waals surface area contributed by atoms with Crippen molar-refractivity contribution in [1.82, 2.24) is 5.32 Å². The van der Waals surface area contributed by atoms with E-state index in [9.17, 15) is 9.59 Å². The number of hydrogen-bond donors (Lipinski definition) is 2. The minimum Gasteiger partial charge on any atom is -0.478 e. The topological polar surface area (TPSA) is 75.6 Å². The lowest BCUT2D eigenvalue weighted by Gasteiger charge is -2.40. The van der Waals surface area contributed by atoms with Crippen LogP contribution in [-0.2, 0) is 16.0 Å². The summed E-state index contributed by atoms with van der Waals surface area (Å²) in [7, 11) is 0. The molecule has 0 saturated heterocycles. The van der Waals surface area contributed by atoms with Gasteiger partial charge in [0.15, 0.2) is 0 Å². The molecule has 0 heterocycles. The Kier molecular flexibility index (Phi) is 6.16. The molecule has 0 radical (unpaired) electrons. The van der Waals surface area contributed by atoms with Gasteiger partial charge in [0.25, 0.3) is 0 Å². The molecular weight excluding hydrogens is 294 g/mol. The van der Waals surface area contributed by atoms with Crippen molar-refractivity contribution in [1.29, 1.82) is 0 Å². The zero-order valence-corrected chi connectivity index (χ0v) is 13.6. The predicted molar refractivity (Wildman–Crippen MR) is 87.5 cm³/mol. The van der Waals surface area contributed by atoms with Gasteiger partial charge in [-0.05, 0) is 50.3 Å². The molecule has 1 fully saturated rings. The standard InChI is InChI=1S/C18H25NO4/c1-2-23-13-11-18(9-3-10-18)17(22)19-12-8-14-4-6-15(7-5-14)16(20)21/h4-7H,2-3,8-13H2,1H3,(H,19,22)(H,20,21).